The van der Waals surface area contributed by atoms with E-state index in [0.717, 1.165) is 62.0 Å². The fourth-order valence-corrected chi connectivity index (χ4v) is 3.98. The fraction of sp³-hybridized carbons (Fsp3) is 0.409. The monoisotopic (exact) mass is 399 g/mol. The van der Waals surface area contributed by atoms with Crippen LogP contribution in [0.2, 0.25) is 5.02 Å². The first-order chi connectivity index (χ1) is 13.7. The van der Waals surface area contributed by atoms with Gasteiger partial charge in [0, 0.05) is 36.9 Å². The van der Waals surface area contributed by atoms with E-state index in [1.807, 2.05) is 24.3 Å². The lowest BCUT2D eigenvalue weighted by atomic mass is 10.1. The third-order valence-corrected chi connectivity index (χ3v) is 5.61. The van der Waals surface area contributed by atoms with Gasteiger partial charge in [0.05, 0.1) is 31.0 Å². The molecule has 0 spiro atoms. The number of carbonyl (C=O) groups excluding carboxylic acids is 1. The highest BCUT2D eigenvalue weighted by Crippen LogP contribution is 2.33. The number of anilines is 3. The molecule has 28 heavy (non-hydrogen) atoms. The van der Waals surface area contributed by atoms with Crippen LogP contribution in [0.5, 0.6) is 0 Å². The van der Waals surface area contributed by atoms with Crippen LogP contribution in [-0.2, 0) is 16.0 Å². The zero-order chi connectivity index (χ0) is 19.3. The predicted octanol–water partition coefficient (Wildman–Crippen LogP) is 3.96. The fourth-order valence-electron chi connectivity index (χ4n) is 3.86. The average Bonchev–Trinajstić information content (AvgIpc) is 3.25. The summed E-state index contributed by atoms with van der Waals surface area (Å²) < 4.78 is 5.47. The minimum Gasteiger partial charge on any atom is -0.378 e. The van der Waals surface area contributed by atoms with Crippen LogP contribution in [-0.4, -0.2) is 45.3 Å². The van der Waals surface area contributed by atoms with Crippen molar-refractivity contribution >= 4 is 34.6 Å². The van der Waals surface area contributed by atoms with Gasteiger partial charge >= 0.3 is 0 Å². The number of benzene rings is 2. The number of hydrogen-bond donors (Lipinski definition) is 1. The molecule has 0 atom stereocenters. The molecule has 148 valence electrons. The molecule has 1 N–H and O–H groups in total. The Morgan fingerprint density at radius 1 is 0.964 bits per heavy atom. The van der Waals surface area contributed by atoms with Gasteiger partial charge in [0.1, 0.15) is 0 Å². The van der Waals surface area contributed by atoms with E-state index < -0.39 is 0 Å². The Labute approximate surface area is 171 Å². The summed E-state index contributed by atoms with van der Waals surface area (Å²) in [6, 6.07) is 13.8. The normalized spacial score (nSPS) is 17.0. The minimum absolute atomic E-state index is 0.0121. The van der Waals surface area contributed by atoms with Gasteiger partial charge in [-0.3, -0.25) is 4.79 Å². The zero-order valence-electron chi connectivity index (χ0n) is 16.0. The van der Waals surface area contributed by atoms with Gasteiger partial charge < -0.3 is 19.9 Å². The summed E-state index contributed by atoms with van der Waals surface area (Å²) in [6.07, 6.45) is 2.73. The van der Waals surface area contributed by atoms with Crippen molar-refractivity contribution in [2.24, 2.45) is 0 Å². The summed E-state index contributed by atoms with van der Waals surface area (Å²) >= 11 is 5.94. The van der Waals surface area contributed by atoms with Crippen molar-refractivity contribution in [2.75, 3.05) is 54.5 Å². The maximum atomic E-state index is 12.7. The van der Waals surface area contributed by atoms with Gasteiger partial charge in [0.25, 0.3) is 0 Å². The minimum atomic E-state index is -0.0121. The number of morpholine rings is 1. The van der Waals surface area contributed by atoms with Crippen LogP contribution >= 0.6 is 11.6 Å². The molecule has 2 aromatic carbocycles. The van der Waals surface area contributed by atoms with Crippen molar-refractivity contribution < 1.29 is 9.53 Å². The van der Waals surface area contributed by atoms with Crippen LogP contribution in [0.1, 0.15) is 18.4 Å². The number of carbonyl (C=O) groups is 1. The average molecular weight is 400 g/mol. The first-order valence-electron chi connectivity index (χ1n) is 9.95. The molecule has 2 aliphatic rings. The molecule has 2 fully saturated rings. The number of halogens is 1. The van der Waals surface area contributed by atoms with Crippen LogP contribution in [0, 0.1) is 0 Å². The number of amides is 1. The summed E-state index contributed by atoms with van der Waals surface area (Å²) in [6.45, 7) is 5.31. The number of nitrogens with zero attached hydrogens (tertiary/aromatic N) is 2. The molecular weight excluding hydrogens is 374 g/mol. The summed E-state index contributed by atoms with van der Waals surface area (Å²) in [7, 11) is 0. The Morgan fingerprint density at radius 2 is 1.68 bits per heavy atom. The van der Waals surface area contributed by atoms with Crippen molar-refractivity contribution in [3.63, 3.8) is 0 Å². The summed E-state index contributed by atoms with van der Waals surface area (Å²) in [5, 5.41) is 3.84. The molecule has 2 saturated heterocycles. The van der Waals surface area contributed by atoms with Gasteiger partial charge in [-0.05, 0) is 48.7 Å². The van der Waals surface area contributed by atoms with E-state index in [0.29, 0.717) is 11.4 Å². The number of ether oxygens (including phenoxy) is 1. The number of nitrogens with one attached hydrogen (secondary N) is 1. The quantitative estimate of drug-likeness (QED) is 0.826. The standard InChI is InChI=1S/C22H26ClN3O2/c23-18-5-3-17(4-6-18)15-22(27)24-20-16-19(25-11-13-28-14-12-25)7-8-21(20)26-9-1-2-10-26/h3-8,16H,1-2,9-15H2,(H,24,27). The van der Waals surface area contributed by atoms with E-state index in [9.17, 15) is 4.79 Å². The SMILES string of the molecule is O=C(Cc1ccc(Cl)cc1)Nc1cc(N2CCOCC2)ccc1N1CCCC1. The topological polar surface area (TPSA) is 44.8 Å². The molecule has 0 aliphatic carbocycles. The predicted molar refractivity (Wildman–Crippen MR) is 115 cm³/mol. The van der Waals surface area contributed by atoms with Crippen LogP contribution in [0.3, 0.4) is 0 Å². The summed E-state index contributed by atoms with van der Waals surface area (Å²) in [5.41, 5.74) is 4.09. The summed E-state index contributed by atoms with van der Waals surface area (Å²) in [4.78, 5) is 17.4. The van der Waals surface area contributed by atoms with Gasteiger partial charge in [-0.15, -0.1) is 0 Å². The number of hydrogen-bond acceptors (Lipinski definition) is 4. The second-order valence-corrected chi connectivity index (χ2v) is 7.78. The highest BCUT2D eigenvalue weighted by molar-refractivity contribution is 6.30. The van der Waals surface area contributed by atoms with E-state index in [-0.39, 0.29) is 5.91 Å². The molecule has 0 aromatic heterocycles. The van der Waals surface area contributed by atoms with Crippen LogP contribution in [0.15, 0.2) is 42.5 Å². The first-order valence-corrected chi connectivity index (χ1v) is 10.3. The second-order valence-electron chi connectivity index (χ2n) is 7.35. The van der Waals surface area contributed by atoms with E-state index in [4.69, 9.17) is 16.3 Å². The maximum Gasteiger partial charge on any atom is 0.228 e. The summed E-state index contributed by atoms with van der Waals surface area (Å²) in [5.74, 6) is -0.0121. The molecule has 0 bridgehead atoms. The molecule has 0 radical (unpaired) electrons. The molecular formula is C22H26ClN3O2. The van der Waals surface area contributed by atoms with E-state index >= 15 is 0 Å². The smallest absolute Gasteiger partial charge is 0.228 e. The lowest BCUT2D eigenvalue weighted by Crippen LogP contribution is -2.36. The molecule has 0 saturated carbocycles. The van der Waals surface area contributed by atoms with Gasteiger partial charge in [0.2, 0.25) is 5.91 Å². The highest BCUT2D eigenvalue weighted by Gasteiger charge is 2.19. The zero-order valence-corrected chi connectivity index (χ0v) is 16.8. The Bertz CT molecular complexity index is 813. The maximum absolute atomic E-state index is 12.7. The number of rotatable bonds is 5. The van der Waals surface area contributed by atoms with Crippen molar-refractivity contribution in [3.8, 4) is 0 Å². The van der Waals surface area contributed by atoms with Gasteiger partial charge in [-0.2, -0.15) is 0 Å². The van der Waals surface area contributed by atoms with Gasteiger partial charge in [0.15, 0.2) is 0 Å². The van der Waals surface area contributed by atoms with Crippen LogP contribution < -0.4 is 15.1 Å². The molecule has 2 aliphatic heterocycles. The third-order valence-electron chi connectivity index (χ3n) is 5.36. The second kappa shape index (κ2) is 8.84. The first kappa shape index (κ1) is 19.1. The van der Waals surface area contributed by atoms with Crippen LogP contribution in [0.25, 0.3) is 0 Å². The largest absolute Gasteiger partial charge is 0.378 e. The molecule has 2 aromatic rings. The molecule has 2 heterocycles. The van der Waals surface area contributed by atoms with Crippen molar-refractivity contribution in [1.82, 2.24) is 0 Å². The third kappa shape index (κ3) is 4.59. The van der Waals surface area contributed by atoms with Crippen molar-refractivity contribution in [1.29, 1.82) is 0 Å². The lowest BCUT2D eigenvalue weighted by molar-refractivity contribution is -0.115. The molecule has 5 nitrogen and oxygen atoms in total. The Hall–Kier alpha value is -2.24. The van der Waals surface area contributed by atoms with E-state index in [1.54, 1.807) is 0 Å². The molecule has 6 heteroatoms. The lowest BCUT2D eigenvalue weighted by Gasteiger charge is -2.30. The van der Waals surface area contributed by atoms with E-state index in [1.165, 1.54) is 12.8 Å². The van der Waals surface area contributed by atoms with Gasteiger partial charge in [-0.1, -0.05) is 23.7 Å². The Balaban J connectivity index is 1.54. The Morgan fingerprint density at radius 3 is 2.39 bits per heavy atom. The van der Waals surface area contributed by atoms with E-state index in [2.05, 4.69) is 33.3 Å². The van der Waals surface area contributed by atoms with Crippen molar-refractivity contribution in [3.05, 3.63) is 53.1 Å². The van der Waals surface area contributed by atoms with Crippen LogP contribution in [0.4, 0.5) is 17.1 Å². The Kier molecular flexibility index (Phi) is 6.03. The molecule has 4 rings (SSSR count). The highest BCUT2D eigenvalue weighted by atomic mass is 35.5. The molecule has 1 amide bonds. The van der Waals surface area contributed by atoms with Gasteiger partial charge in [-0.25, -0.2) is 0 Å². The van der Waals surface area contributed by atoms with Crippen molar-refractivity contribution in [2.45, 2.75) is 19.3 Å². The molecule has 0 unspecified atom stereocenters.